The fourth-order valence-electron chi connectivity index (χ4n) is 4.28. The van der Waals surface area contributed by atoms with E-state index in [9.17, 15) is 9.59 Å². The molecule has 0 aliphatic carbocycles. The lowest BCUT2D eigenvalue weighted by atomic mass is 10.0. The number of hydrogen-bond donors (Lipinski definition) is 3. The molecule has 3 N–H and O–H groups in total. The second-order valence-corrected chi connectivity index (χ2v) is 9.05. The SMILES string of the molecule is O=C(N[C@@H](CCc1ccccc1)C(=O)NCCCn1ccnc1)c1ccc2nc(-c3ccncc3)[nH]c2c1. The Bertz CT molecular complexity index is 1480. The number of nitrogens with one attached hydrogen (secondary N) is 3. The minimum absolute atomic E-state index is 0.192. The highest BCUT2D eigenvalue weighted by molar-refractivity contribution is 6.00. The molecule has 0 aliphatic rings. The Morgan fingerprint density at radius 3 is 2.61 bits per heavy atom. The Labute approximate surface area is 220 Å². The molecule has 192 valence electrons. The fraction of sp³-hybridized carbons (Fsp3) is 0.207. The van der Waals surface area contributed by atoms with E-state index in [-0.39, 0.29) is 11.8 Å². The quantitative estimate of drug-likeness (QED) is 0.235. The predicted octanol–water partition coefficient (Wildman–Crippen LogP) is 3.76. The lowest BCUT2D eigenvalue weighted by Gasteiger charge is -2.19. The Morgan fingerprint density at radius 2 is 1.82 bits per heavy atom. The number of amides is 2. The van der Waals surface area contributed by atoms with Crippen LogP contribution in [0.25, 0.3) is 22.4 Å². The van der Waals surface area contributed by atoms with Gasteiger partial charge in [0.25, 0.3) is 5.91 Å². The van der Waals surface area contributed by atoms with E-state index >= 15 is 0 Å². The van der Waals surface area contributed by atoms with Gasteiger partial charge in [-0.1, -0.05) is 30.3 Å². The number of H-pyrrole nitrogens is 1. The average Bonchev–Trinajstić information content (AvgIpc) is 3.64. The van der Waals surface area contributed by atoms with Gasteiger partial charge in [-0.3, -0.25) is 14.6 Å². The normalized spacial score (nSPS) is 11.8. The molecular formula is C29H29N7O2. The molecule has 0 spiro atoms. The van der Waals surface area contributed by atoms with E-state index in [0.717, 1.165) is 35.1 Å². The minimum Gasteiger partial charge on any atom is -0.354 e. The van der Waals surface area contributed by atoms with E-state index in [0.29, 0.717) is 30.8 Å². The number of hydrogen-bond acceptors (Lipinski definition) is 5. The van der Waals surface area contributed by atoms with Gasteiger partial charge in [0, 0.05) is 49.0 Å². The van der Waals surface area contributed by atoms with Crippen molar-refractivity contribution in [3.05, 3.63) is 103 Å². The van der Waals surface area contributed by atoms with E-state index in [1.165, 1.54) is 0 Å². The molecule has 0 saturated carbocycles. The maximum absolute atomic E-state index is 13.2. The Hall–Kier alpha value is -4.79. The molecule has 38 heavy (non-hydrogen) atoms. The molecule has 0 radical (unpaired) electrons. The molecule has 0 fully saturated rings. The maximum atomic E-state index is 13.2. The molecule has 9 nitrogen and oxygen atoms in total. The van der Waals surface area contributed by atoms with Crippen molar-refractivity contribution >= 4 is 22.8 Å². The van der Waals surface area contributed by atoms with E-state index in [1.54, 1.807) is 43.1 Å². The van der Waals surface area contributed by atoms with Crippen LogP contribution in [0.2, 0.25) is 0 Å². The second kappa shape index (κ2) is 12.0. The van der Waals surface area contributed by atoms with Crippen LogP contribution < -0.4 is 10.6 Å². The molecule has 0 saturated heterocycles. The van der Waals surface area contributed by atoms with Gasteiger partial charge < -0.3 is 20.2 Å². The summed E-state index contributed by atoms with van der Waals surface area (Å²) in [5, 5.41) is 5.93. The van der Waals surface area contributed by atoms with Crippen LogP contribution in [0, 0.1) is 0 Å². The van der Waals surface area contributed by atoms with Gasteiger partial charge in [0.05, 0.1) is 17.4 Å². The number of carbonyl (C=O) groups is 2. The number of aromatic amines is 1. The van der Waals surface area contributed by atoms with Gasteiger partial charge in [-0.25, -0.2) is 9.97 Å². The highest BCUT2D eigenvalue weighted by atomic mass is 16.2. The molecule has 3 aromatic heterocycles. The first-order valence-electron chi connectivity index (χ1n) is 12.6. The molecule has 5 aromatic rings. The summed E-state index contributed by atoms with van der Waals surface area (Å²) in [6.07, 6.45) is 10.7. The monoisotopic (exact) mass is 507 g/mol. The van der Waals surface area contributed by atoms with Crippen LogP contribution in [0.5, 0.6) is 0 Å². The zero-order valence-electron chi connectivity index (χ0n) is 20.9. The number of aryl methyl sites for hydroxylation is 2. The van der Waals surface area contributed by atoms with Gasteiger partial charge in [-0.15, -0.1) is 0 Å². The van der Waals surface area contributed by atoms with Crippen LogP contribution in [0.3, 0.4) is 0 Å². The molecule has 5 rings (SSSR count). The first-order chi connectivity index (χ1) is 18.7. The second-order valence-electron chi connectivity index (χ2n) is 9.05. The first-order valence-corrected chi connectivity index (χ1v) is 12.6. The van der Waals surface area contributed by atoms with Crippen LogP contribution in [0.4, 0.5) is 0 Å². The lowest BCUT2D eigenvalue weighted by Crippen LogP contribution is -2.47. The maximum Gasteiger partial charge on any atom is 0.252 e. The van der Waals surface area contributed by atoms with Gasteiger partial charge in [0.15, 0.2) is 0 Å². The van der Waals surface area contributed by atoms with Crippen LogP contribution in [-0.4, -0.2) is 48.9 Å². The first kappa shape index (κ1) is 24.9. The van der Waals surface area contributed by atoms with Crippen molar-refractivity contribution in [1.82, 2.24) is 35.1 Å². The van der Waals surface area contributed by atoms with Crippen molar-refractivity contribution in [2.75, 3.05) is 6.54 Å². The van der Waals surface area contributed by atoms with Crippen LogP contribution in [0.1, 0.15) is 28.8 Å². The molecule has 0 aliphatic heterocycles. The van der Waals surface area contributed by atoms with E-state index in [2.05, 4.69) is 30.6 Å². The highest BCUT2D eigenvalue weighted by Crippen LogP contribution is 2.21. The molecule has 9 heteroatoms. The standard InChI is InChI=1S/C29H29N7O2/c37-28(23-8-10-24-26(19-23)34-27(33-24)22-11-14-30-15-12-22)35-25(9-7-21-5-2-1-3-6-21)29(38)32-13-4-17-36-18-16-31-20-36/h1-3,5-6,8,10-12,14-16,18-20,25H,4,7,9,13,17H2,(H,32,38)(H,33,34)(H,35,37)/t25-/m0/s1. The van der Waals surface area contributed by atoms with E-state index in [1.807, 2.05) is 53.2 Å². The number of pyridine rings is 1. The van der Waals surface area contributed by atoms with Crippen LogP contribution in [0.15, 0.2) is 91.8 Å². The third-order valence-electron chi connectivity index (χ3n) is 6.34. The van der Waals surface area contributed by atoms with Gasteiger partial charge in [0.1, 0.15) is 11.9 Å². The number of aromatic nitrogens is 5. The van der Waals surface area contributed by atoms with Crippen molar-refractivity contribution in [1.29, 1.82) is 0 Å². The number of rotatable bonds is 11. The fourth-order valence-corrected chi connectivity index (χ4v) is 4.28. The molecule has 0 unspecified atom stereocenters. The highest BCUT2D eigenvalue weighted by Gasteiger charge is 2.21. The van der Waals surface area contributed by atoms with Gasteiger partial charge in [0.2, 0.25) is 5.91 Å². The third-order valence-corrected chi connectivity index (χ3v) is 6.34. The van der Waals surface area contributed by atoms with Crippen molar-refractivity contribution < 1.29 is 9.59 Å². The van der Waals surface area contributed by atoms with E-state index in [4.69, 9.17) is 0 Å². The molecule has 2 aromatic carbocycles. The van der Waals surface area contributed by atoms with Gasteiger partial charge >= 0.3 is 0 Å². The molecule has 1 atom stereocenters. The zero-order chi connectivity index (χ0) is 26.2. The predicted molar refractivity (Wildman–Crippen MR) is 145 cm³/mol. The average molecular weight is 508 g/mol. The third kappa shape index (κ3) is 6.31. The zero-order valence-corrected chi connectivity index (χ0v) is 20.9. The number of nitrogens with zero attached hydrogens (tertiary/aromatic N) is 4. The summed E-state index contributed by atoms with van der Waals surface area (Å²) in [5.41, 5.74) is 3.98. The molecule has 0 bridgehead atoms. The van der Waals surface area contributed by atoms with E-state index < -0.39 is 6.04 Å². The number of carbonyl (C=O) groups excluding carboxylic acids is 2. The molecule has 3 heterocycles. The molecular weight excluding hydrogens is 478 g/mol. The number of imidazole rings is 2. The van der Waals surface area contributed by atoms with Gasteiger partial charge in [-0.2, -0.15) is 0 Å². The Morgan fingerprint density at radius 1 is 0.974 bits per heavy atom. The van der Waals surface area contributed by atoms with Crippen LogP contribution >= 0.6 is 0 Å². The summed E-state index contributed by atoms with van der Waals surface area (Å²) in [5.74, 6) is 0.205. The summed E-state index contributed by atoms with van der Waals surface area (Å²) in [6, 6.07) is 18.3. The summed E-state index contributed by atoms with van der Waals surface area (Å²) in [7, 11) is 0. The van der Waals surface area contributed by atoms with Crippen molar-refractivity contribution in [2.24, 2.45) is 0 Å². The minimum atomic E-state index is -0.666. The summed E-state index contributed by atoms with van der Waals surface area (Å²) in [4.78, 5) is 42.3. The lowest BCUT2D eigenvalue weighted by molar-refractivity contribution is -0.123. The smallest absolute Gasteiger partial charge is 0.252 e. The van der Waals surface area contributed by atoms with Crippen molar-refractivity contribution in [2.45, 2.75) is 31.8 Å². The van der Waals surface area contributed by atoms with Crippen molar-refractivity contribution in [3.8, 4) is 11.4 Å². The number of fused-ring (bicyclic) bond motifs is 1. The summed E-state index contributed by atoms with van der Waals surface area (Å²) in [6.45, 7) is 1.26. The Kier molecular flexibility index (Phi) is 7.83. The van der Waals surface area contributed by atoms with Gasteiger partial charge in [-0.05, 0) is 55.2 Å². The summed E-state index contributed by atoms with van der Waals surface area (Å²) < 4.78 is 1.96. The number of benzene rings is 2. The topological polar surface area (TPSA) is 118 Å². The Balaban J connectivity index is 1.26. The molecule has 2 amide bonds. The van der Waals surface area contributed by atoms with Crippen LogP contribution in [-0.2, 0) is 17.8 Å². The van der Waals surface area contributed by atoms with Crippen molar-refractivity contribution in [3.63, 3.8) is 0 Å². The largest absolute Gasteiger partial charge is 0.354 e. The summed E-state index contributed by atoms with van der Waals surface area (Å²) >= 11 is 0.